The number of rotatable bonds is 4. The van der Waals surface area contributed by atoms with Crippen molar-refractivity contribution in [3.63, 3.8) is 0 Å². The van der Waals surface area contributed by atoms with Gasteiger partial charge in [-0.3, -0.25) is 9.59 Å². The third-order valence-corrected chi connectivity index (χ3v) is 5.29. The van der Waals surface area contributed by atoms with Crippen molar-refractivity contribution in [2.24, 2.45) is 7.05 Å². The summed E-state index contributed by atoms with van der Waals surface area (Å²) < 4.78 is 20.6. The molecule has 0 unspecified atom stereocenters. The van der Waals surface area contributed by atoms with Gasteiger partial charge in [0.15, 0.2) is 5.69 Å². The number of aryl methyl sites for hydroxylation is 1. The topological polar surface area (TPSA) is 67.7 Å². The van der Waals surface area contributed by atoms with E-state index in [1.807, 2.05) is 11.8 Å². The number of nitrogens with zero attached hydrogens (tertiary/aromatic N) is 4. The van der Waals surface area contributed by atoms with Gasteiger partial charge in [-0.05, 0) is 25.1 Å². The Hall–Kier alpha value is -3.42. The molecule has 0 saturated carbocycles. The molecule has 1 aromatic heterocycles. The normalized spacial score (nSPS) is 14.2. The van der Waals surface area contributed by atoms with Gasteiger partial charge in [0.2, 0.25) is 0 Å². The Kier molecular flexibility index (Phi) is 5.39. The number of ether oxygens (including phenoxy) is 1. The Morgan fingerprint density at radius 3 is 2.50 bits per heavy atom. The van der Waals surface area contributed by atoms with E-state index in [-0.39, 0.29) is 23.0 Å². The Bertz CT molecular complexity index is 1150. The monoisotopic (exact) mass is 410 g/mol. The van der Waals surface area contributed by atoms with Crippen LogP contribution < -0.4 is 15.2 Å². The van der Waals surface area contributed by atoms with Gasteiger partial charge in [0.25, 0.3) is 11.5 Å². The quantitative estimate of drug-likeness (QED) is 0.661. The van der Waals surface area contributed by atoms with Crippen LogP contribution in [0.1, 0.15) is 17.4 Å². The second-order valence-corrected chi connectivity index (χ2v) is 7.15. The van der Waals surface area contributed by atoms with Gasteiger partial charge in [0.1, 0.15) is 11.6 Å². The average Bonchev–Trinajstić information content (AvgIpc) is 2.77. The van der Waals surface area contributed by atoms with Gasteiger partial charge in [-0.15, -0.1) is 0 Å². The SMILES string of the molecule is CCOc1ccc(F)cc1N1CCN(C(=O)c2nn(C)c(=O)c3ccccc23)CC1. The summed E-state index contributed by atoms with van der Waals surface area (Å²) in [5.41, 5.74) is 0.720. The van der Waals surface area contributed by atoms with Gasteiger partial charge in [-0.2, -0.15) is 5.10 Å². The highest BCUT2D eigenvalue weighted by atomic mass is 19.1. The van der Waals surface area contributed by atoms with E-state index in [1.54, 1.807) is 42.3 Å². The van der Waals surface area contributed by atoms with Crippen molar-refractivity contribution < 1.29 is 13.9 Å². The third kappa shape index (κ3) is 3.60. The van der Waals surface area contributed by atoms with Crippen molar-refractivity contribution in [3.05, 3.63) is 64.3 Å². The summed E-state index contributed by atoms with van der Waals surface area (Å²) in [5, 5.41) is 5.26. The van der Waals surface area contributed by atoms with Crippen LogP contribution in [-0.2, 0) is 7.05 Å². The molecule has 4 rings (SSSR count). The van der Waals surface area contributed by atoms with Crippen LogP contribution in [0.25, 0.3) is 10.8 Å². The largest absolute Gasteiger partial charge is 0.492 e. The van der Waals surface area contributed by atoms with Crippen LogP contribution in [0.4, 0.5) is 10.1 Å². The standard InChI is InChI=1S/C22H23FN4O3/c1-3-30-19-9-8-15(23)14-18(19)26-10-12-27(13-11-26)22(29)20-16-6-4-5-7-17(16)21(28)25(2)24-20/h4-9,14H,3,10-13H2,1-2H3. The van der Waals surface area contributed by atoms with Gasteiger partial charge in [0, 0.05) is 44.7 Å². The van der Waals surface area contributed by atoms with Crippen molar-refractivity contribution in [3.8, 4) is 5.75 Å². The molecule has 3 aromatic rings. The number of piperazine rings is 1. The van der Waals surface area contributed by atoms with E-state index in [4.69, 9.17) is 4.74 Å². The molecule has 8 heteroatoms. The number of aromatic nitrogens is 2. The molecule has 156 valence electrons. The molecule has 7 nitrogen and oxygen atoms in total. The molecular formula is C22H23FN4O3. The van der Waals surface area contributed by atoms with Gasteiger partial charge < -0.3 is 14.5 Å². The maximum atomic E-state index is 13.8. The Balaban J connectivity index is 1.57. The summed E-state index contributed by atoms with van der Waals surface area (Å²) in [4.78, 5) is 29.2. The molecular weight excluding hydrogens is 387 g/mol. The zero-order valence-electron chi connectivity index (χ0n) is 17.0. The molecule has 0 radical (unpaired) electrons. The first kappa shape index (κ1) is 19.9. The van der Waals surface area contributed by atoms with E-state index >= 15 is 0 Å². The van der Waals surface area contributed by atoms with E-state index in [9.17, 15) is 14.0 Å². The van der Waals surface area contributed by atoms with Crippen LogP contribution in [0.5, 0.6) is 5.75 Å². The van der Waals surface area contributed by atoms with Crippen molar-refractivity contribution in [1.82, 2.24) is 14.7 Å². The maximum absolute atomic E-state index is 13.8. The highest BCUT2D eigenvalue weighted by Crippen LogP contribution is 2.30. The second kappa shape index (κ2) is 8.14. The van der Waals surface area contributed by atoms with Gasteiger partial charge in [-0.1, -0.05) is 18.2 Å². The lowest BCUT2D eigenvalue weighted by Crippen LogP contribution is -2.49. The maximum Gasteiger partial charge on any atom is 0.275 e. The Labute approximate surface area is 173 Å². The first-order chi connectivity index (χ1) is 14.5. The van der Waals surface area contributed by atoms with E-state index in [2.05, 4.69) is 5.10 Å². The second-order valence-electron chi connectivity index (χ2n) is 7.15. The fraction of sp³-hybridized carbons (Fsp3) is 0.318. The molecule has 0 spiro atoms. The molecule has 0 aliphatic carbocycles. The molecule has 2 aromatic carbocycles. The van der Waals surface area contributed by atoms with Crippen LogP contribution in [0, 0.1) is 5.82 Å². The lowest BCUT2D eigenvalue weighted by molar-refractivity contribution is 0.0740. The van der Waals surface area contributed by atoms with Crippen LogP contribution in [0.15, 0.2) is 47.3 Å². The first-order valence-electron chi connectivity index (χ1n) is 9.92. The van der Waals surface area contributed by atoms with Crippen molar-refractivity contribution in [2.75, 3.05) is 37.7 Å². The number of carbonyl (C=O) groups excluding carboxylic acids is 1. The van der Waals surface area contributed by atoms with E-state index in [0.717, 1.165) is 0 Å². The van der Waals surface area contributed by atoms with Gasteiger partial charge in [-0.25, -0.2) is 9.07 Å². The molecule has 1 fully saturated rings. The zero-order chi connectivity index (χ0) is 21.3. The van der Waals surface area contributed by atoms with Crippen molar-refractivity contribution >= 4 is 22.4 Å². The summed E-state index contributed by atoms with van der Waals surface area (Å²) in [6.07, 6.45) is 0. The van der Waals surface area contributed by atoms with E-state index in [0.29, 0.717) is 55.0 Å². The molecule has 1 amide bonds. The number of anilines is 1. The van der Waals surface area contributed by atoms with Crippen molar-refractivity contribution in [2.45, 2.75) is 6.92 Å². The molecule has 1 aliphatic heterocycles. The predicted octanol–water partition coefficient (Wildman–Crippen LogP) is 2.43. The Morgan fingerprint density at radius 2 is 1.80 bits per heavy atom. The smallest absolute Gasteiger partial charge is 0.275 e. The number of hydrogen-bond acceptors (Lipinski definition) is 5. The molecule has 1 saturated heterocycles. The molecule has 0 bridgehead atoms. The highest BCUT2D eigenvalue weighted by Gasteiger charge is 2.27. The summed E-state index contributed by atoms with van der Waals surface area (Å²) in [6.45, 7) is 4.37. The van der Waals surface area contributed by atoms with Gasteiger partial charge >= 0.3 is 0 Å². The minimum absolute atomic E-state index is 0.217. The highest BCUT2D eigenvalue weighted by molar-refractivity contribution is 6.04. The van der Waals surface area contributed by atoms with Crippen molar-refractivity contribution in [1.29, 1.82) is 0 Å². The molecule has 0 N–H and O–H groups in total. The average molecular weight is 410 g/mol. The van der Waals surface area contributed by atoms with Crippen LogP contribution in [0.3, 0.4) is 0 Å². The van der Waals surface area contributed by atoms with E-state index in [1.165, 1.54) is 16.8 Å². The number of amides is 1. The summed E-state index contributed by atoms with van der Waals surface area (Å²) in [5.74, 6) is 0.0861. The van der Waals surface area contributed by atoms with Crippen LogP contribution in [0.2, 0.25) is 0 Å². The fourth-order valence-electron chi connectivity index (χ4n) is 3.77. The first-order valence-corrected chi connectivity index (χ1v) is 9.92. The lowest BCUT2D eigenvalue weighted by Gasteiger charge is -2.36. The molecule has 30 heavy (non-hydrogen) atoms. The minimum Gasteiger partial charge on any atom is -0.492 e. The number of fused-ring (bicyclic) bond motifs is 1. The molecule has 1 aliphatic rings. The summed E-state index contributed by atoms with van der Waals surface area (Å²) >= 11 is 0. The Morgan fingerprint density at radius 1 is 1.10 bits per heavy atom. The third-order valence-electron chi connectivity index (χ3n) is 5.29. The van der Waals surface area contributed by atoms with Crippen LogP contribution >= 0.6 is 0 Å². The number of halogens is 1. The molecule has 2 heterocycles. The minimum atomic E-state index is -0.326. The van der Waals surface area contributed by atoms with E-state index < -0.39 is 0 Å². The van der Waals surface area contributed by atoms with Crippen LogP contribution in [-0.4, -0.2) is 53.4 Å². The number of benzene rings is 2. The number of hydrogen-bond donors (Lipinski definition) is 0. The number of carbonyl (C=O) groups is 1. The predicted molar refractivity (Wildman–Crippen MR) is 113 cm³/mol. The summed E-state index contributed by atoms with van der Waals surface area (Å²) in [6, 6.07) is 11.5. The zero-order valence-corrected chi connectivity index (χ0v) is 17.0. The van der Waals surface area contributed by atoms with Gasteiger partial charge in [0.05, 0.1) is 17.7 Å². The summed E-state index contributed by atoms with van der Waals surface area (Å²) in [7, 11) is 1.54. The molecule has 0 atom stereocenters. The fourth-order valence-corrected chi connectivity index (χ4v) is 3.77. The lowest BCUT2D eigenvalue weighted by atomic mass is 10.1.